The molecule has 3 rings (SSSR count). The van der Waals surface area contributed by atoms with Crippen LogP contribution in [-0.2, 0) is 21.0 Å². The summed E-state index contributed by atoms with van der Waals surface area (Å²) in [6.07, 6.45) is 0. The van der Waals surface area contributed by atoms with E-state index in [1.807, 2.05) is 31.2 Å². The Bertz CT molecular complexity index is 780. The number of carbonyl (C=O) groups excluding carboxylic acids is 3. The van der Waals surface area contributed by atoms with Crippen LogP contribution < -0.4 is 0 Å². The van der Waals surface area contributed by atoms with Crippen LogP contribution in [0.5, 0.6) is 0 Å². The van der Waals surface area contributed by atoms with E-state index in [2.05, 4.69) is 0 Å². The molecule has 0 fully saturated rings. The van der Waals surface area contributed by atoms with Crippen molar-refractivity contribution in [2.45, 2.75) is 13.5 Å². The second-order valence-electron chi connectivity index (χ2n) is 5.40. The summed E-state index contributed by atoms with van der Waals surface area (Å²) in [5.74, 6) is -2.11. The minimum absolute atomic E-state index is 0.218. The molecule has 0 spiro atoms. The summed E-state index contributed by atoms with van der Waals surface area (Å²) in [6.45, 7) is 1.83. The largest absolute Gasteiger partial charge is 0.365 e. The number of amides is 2. The average Bonchev–Trinajstić information content (AvgIpc) is 2.80. The van der Waals surface area contributed by atoms with E-state index in [9.17, 15) is 14.4 Å². The second kappa shape index (κ2) is 6.64. The van der Waals surface area contributed by atoms with Gasteiger partial charge in [-0.3, -0.25) is 9.59 Å². The maximum absolute atomic E-state index is 12.1. The molecule has 0 aliphatic carbocycles. The lowest BCUT2D eigenvalue weighted by molar-refractivity contribution is -0.174. The number of rotatable bonds is 5. The first-order valence-electron chi connectivity index (χ1n) is 7.38. The highest BCUT2D eigenvalue weighted by Gasteiger charge is 2.38. The first-order chi connectivity index (χ1) is 11.6. The fraction of sp³-hybridized carbons (Fsp3) is 0.167. The van der Waals surface area contributed by atoms with E-state index in [4.69, 9.17) is 9.57 Å². The van der Waals surface area contributed by atoms with Gasteiger partial charge in [0.05, 0.1) is 17.7 Å². The number of imide groups is 1. The normalized spacial score (nSPS) is 13.1. The Labute approximate surface area is 138 Å². The van der Waals surface area contributed by atoms with Crippen LogP contribution in [0.4, 0.5) is 0 Å². The number of aryl methyl sites for hydroxylation is 1. The summed E-state index contributed by atoms with van der Waals surface area (Å²) in [5, 5.41) is 0.475. The maximum Gasteiger partial charge on any atom is 0.358 e. The fourth-order valence-corrected chi connectivity index (χ4v) is 2.43. The molecule has 2 amide bonds. The molecule has 1 heterocycles. The minimum Gasteiger partial charge on any atom is -0.365 e. The van der Waals surface area contributed by atoms with Gasteiger partial charge in [-0.2, -0.15) is 0 Å². The molecule has 0 atom stereocenters. The van der Waals surface area contributed by atoms with E-state index in [0.717, 1.165) is 11.1 Å². The predicted molar refractivity (Wildman–Crippen MR) is 83.9 cm³/mol. The Kier molecular flexibility index (Phi) is 4.39. The number of carbonyl (C=O) groups is 3. The Morgan fingerprint density at radius 2 is 1.67 bits per heavy atom. The molecular weight excluding hydrogens is 310 g/mol. The standard InChI is InChI=1S/C18H15NO5/c1-12-5-4-6-13(9-12)10-23-11-16(20)24-19-17(21)14-7-2-3-8-15(14)18(19)22/h2-9H,10-11H2,1H3. The third-order valence-electron chi connectivity index (χ3n) is 3.52. The Morgan fingerprint density at radius 1 is 1.00 bits per heavy atom. The molecule has 122 valence electrons. The summed E-state index contributed by atoms with van der Waals surface area (Å²) in [6, 6.07) is 14.0. The van der Waals surface area contributed by atoms with Crippen molar-refractivity contribution in [3.05, 3.63) is 70.8 Å². The Hall–Kier alpha value is -2.99. The van der Waals surface area contributed by atoms with Crippen molar-refractivity contribution in [1.29, 1.82) is 0 Å². The van der Waals surface area contributed by atoms with Crippen LogP contribution in [0.15, 0.2) is 48.5 Å². The van der Waals surface area contributed by atoms with Crippen LogP contribution in [0.2, 0.25) is 0 Å². The van der Waals surface area contributed by atoms with Crippen molar-refractivity contribution in [3.63, 3.8) is 0 Å². The molecule has 0 aromatic heterocycles. The van der Waals surface area contributed by atoms with Crippen LogP contribution in [0.25, 0.3) is 0 Å². The molecule has 24 heavy (non-hydrogen) atoms. The van der Waals surface area contributed by atoms with Crippen molar-refractivity contribution >= 4 is 17.8 Å². The molecule has 6 nitrogen and oxygen atoms in total. The van der Waals surface area contributed by atoms with Crippen LogP contribution >= 0.6 is 0 Å². The SMILES string of the molecule is Cc1cccc(COCC(=O)ON2C(=O)c3ccccc3C2=O)c1. The Morgan fingerprint density at radius 3 is 2.29 bits per heavy atom. The van der Waals surface area contributed by atoms with Gasteiger partial charge < -0.3 is 9.57 Å². The van der Waals surface area contributed by atoms with Gasteiger partial charge in [-0.1, -0.05) is 47.0 Å². The van der Waals surface area contributed by atoms with Gasteiger partial charge in [0.25, 0.3) is 11.8 Å². The first-order valence-corrected chi connectivity index (χ1v) is 7.38. The molecule has 0 N–H and O–H groups in total. The quantitative estimate of drug-likeness (QED) is 0.789. The number of fused-ring (bicyclic) bond motifs is 1. The van der Waals surface area contributed by atoms with Gasteiger partial charge in [-0.25, -0.2) is 4.79 Å². The summed E-state index contributed by atoms with van der Waals surface area (Å²) in [7, 11) is 0. The van der Waals surface area contributed by atoms with E-state index >= 15 is 0 Å². The first kappa shape index (κ1) is 15.9. The summed E-state index contributed by atoms with van der Waals surface area (Å²) >= 11 is 0. The van der Waals surface area contributed by atoms with Crippen LogP contribution in [0, 0.1) is 6.92 Å². The van der Waals surface area contributed by atoms with Crippen LogP contribution in [0.1, 0.15) is 31.8 Å². The monoisotopic (exact) mass is 325 g/mol. The molecule has 1 aliphatic heterocycles. The number of hydrogen-bond donors (Lipinski definition) is 0. The van der Waals surface area contributed by atoms with Crippen molar-refractivity contribution in [1.82, 2.24) is 5.06 Å². The van der Waals surface area contributed by atoms with Gasteiger partial charge in [-0.15, -0.1) is 0 Å². The Balaban J connectivity index is 1.54. The third-order valence-corrected chi connectivity index (χ3v) is 3.52. The van der Waals surface area contributed by atoms with Crippen molar-refractivity contribution in [2.75, 3.05) is 6.61 Å². The van der Waals surface area contributed by atoms with E-state index in [0.29, 0.717) is 5.06 Å². The highest BCUT2D eigenvalue weighted by atomic mass is 16.7. The molecule has 6 heteroatoms. The molecule has 0 unspecified atom stereocenters. The lowest BCUT2D eigenvalue weighted by Gasteiger charge is -2.12. The number of hydrogen-bond acceptors (Lipinski definition) is 5. The number of ether oxygens (including phenoxy) is 1. The lowest BCUT2D eigenvalue weighted by Crippen LogP contribution is -2.34. The molecule has 2 aromatic carbocycles. The van der Waals surface area contributed by atoms with Crippen molar-refractivity contribution in [2.24, 2.45) is 0 Å². The summed E-state index contributed by atoms with van der Waals surface area (Å²) in [5.41, 5.74) is 2.44. The summed E-state index contributed by atoms with van der Waals surface area (Å²) < 4.78 is 5.27. The van der Waals surface area contributed by atoms with Gasteiger partial charge in [0.1, 0.15) is 6.61 Å². The second-order valence-corrected chi connectivity index (χ2v) is 5.40. The average molecular weight is 325 g/mol. The maximum atomic E-state index is 12.1. The van der Waals surface area contributed by atoms with E-state index in [1.54, 1.807) is 12.1 Å². The highest BCUT2D eigenvalue weighted by Crippen LogP contribution is 2.22. The molecule has 1 aliphatic rings. The minimum atomic E-state index is -0.808. The lowest BCUT2D eigenvalue weighted by atomic mass is 10.1. The van der Waals surface area contributed by atoms with Gasteiger partial charge in [0.2, 0.25) is 0 Å². The topological polar surface area (TPSA) is 72.9 Å². The number of nitrogens with zero attached hydrogens (tertiary/aromatic N) is 1. The highest BCUT2D eigenvalue weighted by molar-refractivity contribution is 6.20. The van der Waals surface area contributed by atoms with Crippen molar-refractivity contribution in [3.8, 4) is 0 Å². The number of benzene rings is 2. The van der Waals surface area contributed by atoms with Gasteiger partial charge in [0, 0.05) is 0 Å². The summed E-state index contributed by atoms with van der Waals surface area (Å²) in [4.78, 5) is 40.8. The zero-order valence-corrected chi connectivity index (χ0v) is 13.0. The zero-order valence-electron chi connectivity index (χ0n) is 13.0. The van der Waals surface area contributed by atoms with E-state index in [-0.39, 0.29) is 24.3 Å². The molecule has 0 saturated carbocycles. The predicted octanol–water partition coefficient (Wildman–Crippen LogP) is 2.27. The molecule has 0 saturated heterocycles. The zero-order chi connectivity index (χ0) is 17.1. The number of hydroxylamine groups is 2. The van der Waals surface area contributed by atoms with Crippen LogP contribution in [0.3, 0.4) is 0 Å². The fourth-order valence-electron chi connectivity index (χ4n) is 2.43. The van der Waals surface area contributed by atoms with Gasteiger partial charge in [-0.05, 0) is 24.6 Å². The molecule has 0 bridgehead atoms. The smallest absolute Gasteiger partial charge is 0.358 e. The van der Waals surface area contributed by atoms with E-state index in [1.165, 1.54) is 12.1 Å². The van der Waals surface area contributed by atoms with Crippen molar-refractivity contribution < 1.29 is 24.0 Å². The van der Waals surface area contributed by atoms with Crippen LogP contribution in [-0.4, -0.2) is 29.5 Å². The molecular formula is C18H15NO5. The molecule has 2 aromatic rings. The third kappa shape index (κ3) is 3.18. The molecule has 0 radical (unpaired) electrons. The van der Waals surface area contributed by atoms with E-state index < -0.39 is 17.8 Å². The van der Waals surface area contributed by atoms with Gasteiger partial charge >= 0.3 is 5.97 Å². The van der Waals surface area contributed by atoms with Gasteiger partial charge in [0.15, 0.2) is 0 Å².